The quantitative estimate of drug-likeness (QED) is 0.947. The van der Waals surface area contributed by atoms with Gasteiger partial charge in [0.1, 0.15) is 5.75 Å². The zero-order chi connectivity index (χ0) is 13.9. The minimum absolute atomic E-state index is 0.0133. The second-order valence-electron chi connectivity index (χ2n) is 4.15. The molecule has 3 rings (SSSR count). The molecule has 0 radical (unpaired) electrons. The van der Waals surface area contributed by atoms with Crippen LogP contribution in [0.2, 0.25) is 0 Å². The lowest BCUT2D eigenvalue weighted by atomic mass is 10.2. The molecule has 1 N–H and O–H groups in total. The van der Waals surface area contributed by atoms with Crippen LogP contribution in [0.4, 0.5) is 5.69 Å². The monoisotopic (exact) mass is 304 g/mol. The number of hydrogen-bond donors (Lipinski definition) is 1. The first kappa shape index (κ1) is 13.2. The smallest absolute Gasteiger partial charge is 0.236 e. The lowest BCUT2D eigenvalue weighted by Gasteiger charge is -2.00. The molecule has 1 aromatic heterocycles. The lowest BCUT2D eigenvalue weighted by molar-refractivity contribution is -0.116. The molecule has 20 heavy (non-hydrogen) atoms. The second-order valence-corrected chi connectivity index (χ2v) is 6.03. The number of amidine groups is 1. The Morgan fingerprint density at radius 2 is 2.10 bits per heavy atom. The van der Waals surface area contributed by atoms with Crippen molar-refractivity contribution in [2.45, 2.75) is 0 Å². The summed E-state index contributed by atoms with van der Waals surface area (Å²) in [6.07, 6.45) is 0. The van der Waals surface area contributed by atoms with E-state index in [-0.39, 0.29) is 5.91 Å². The van der Waals surface area contributed by atoms with Crippen LogP contribution in [0.3, 0.4) is 0 Å². The minimum Gasteiger partial charge on any atom is -0.497 e. The van der Waals surface area contributed by atoms with Crippen molar-refractivity contribution in [3.8, 4) is 16.2 Å². The number of amides is 1. The zero-order valence-electron chi connectivity index (χ0n) is 10.8. The van der Waals surface area contributed by atoms with Gasteiger partial charge in [-0.25, -0.2) is 4.99 Å². The molecule has 6 heteroatoms. The summed E-state index contributed by atoms with van der Waals surface area (Å²) in [5, 5.41) is 5.39. The normalized spacial score (nSPS) is 16.4. The van der Waals surface area contributed by atoms with Crippen LogP contribution in [0.1, 0.15) is 0 Å². The van der Waals surface area contributed by atoms with E-state index in [0.29, 0.717) is 10.9 Å². The van der Waals surface area contributed by atoms with E-state index in [4.69, 9.17) is 4.74 Å². The van der Waals surface area contributed by atoms with Crippen molar-refractivity contribution in [1.29, 1.82) is 0 Å². The Bertz CT molecular complexity index is 662. The van der Waals surface area contributed by atoms with Crippen LogP contribution in [0, 0.1) is 0 Å². The highest BCUT2D eigenvalue weighted by atomic mass is 32.2. The zero-order valence-corrected chi connectivity index (χ0v) is 12.4. The standard InChI is InChI=1S/C14H12N2O2S2/c1-18-11-4-2-9(3-5-11)12-6-10(7-19-12)15-14-16-13(17)8-20-14/h2-7H,8H2,1H3,(H,15,16,17). The Morgan fingerprint density at radius 3 is 2.75 bits per heavy atom. The van der Waals surface area contributed by atoms with Crippen molar-refractivity contribution >= 4 is 39.9 Å². The molecular weight excluding hydrogens is 292 g/mol. The number of methoxy groups -OCH3 is 1. The first-order valence-electron chi connectivity index (χ1n) is 5.99. The van der Waals surface area contributed by atoms with Gasteiger partial charge >= 0.3 is 0 Å². The highest BCUT2D eigenvalue weighted by Crippen LogP contribution is 2.32. The molecule has 1 aromatic carbocycles. The number of thiophene rings is 1. The average molecular weight is 304 g/mol. The van der Waals surface area contributed by atoms with Crippen LogP contribution in [-0.4, -0.2) is 23.9 Å². The van der Waals surface area contributed by atoms with Crippen LogP contribution in [0.5, 0.6) is 5.75 Å². The van der Waals surface area contributed by atoms with Gasteiger partial charge in [-0.05, 0) is 35.9 Å². The van der Waals surface area contributed by atoms with E-state index in [1.807, 2.05) is 35.7 Å². The fourth-order valence-electron chi connectivity index (χ4n) is 1.79. The Morgan fingerprint density at radius 1 is 1.30 bits per heavy atom. The molecule has 102 valence electrons. The first-order chi connectivity index (χ1) is 9.74. The Hall–Kier alpha value is -1.79. The van der Waals surface area contributed by atoms with Crippen LogP contribution in [0.25, 0.3) is 10.4 Å². The highest BCUT2D eigenvalue weighted by molar-refractivity contribution is 8.15. The van der Waals surface area contributed by atoms with Crippen molar-refractivity contribution in [2.75, 3.05) is 12.9 Å². The summed E-state index contributed by atoms with van der Waals surface area (Å²) >= 11 is 3.06. The van der Waals surface area contributed by atoms with Crippen LogP contribution in [-0.2, 0) is 4.79 Å². The lowest BCUT2D eigenvalue weighted by Crippen LogP contribution is -2.19. The number of carbonyl (C=O) groups is 1. The van der Waals surface area contributed by atoms with Gasteiger partial charge in [0.2, 0.25) is 5.91 Å². The molecule has 1 fully saturated rings. The Balaban J connectivity index is 1.80. The molecule has 0 saturated carbocycles. The fraction of sp³-hybridized carbons (Fsp3) is 0.143. The average Bonchev–Trinajstić information content (AvgIpc) is 3.09. The number of nitrogens with one attached hydrogen (secondary N) is 1. The molecule has 0 spiro atoms. The first-order valence-corrected chi connectivity index (χ1v) is 7.85. The van der Waals surface area contributed by atoms with Gasteiger partial charge in [-0.1, -0.05) is 11.8 Å². The van der Waals surface area contributed by atoms with Crippen molar-refractivity contribution in [2.24, 2.45) is 4.99 Å². The third kappa shape index (κ3) is 2.86. The molecular formula is C14H12N2O2S2. The summed E-state index contributed by atoms with van der Waals surface area (Å²) in [6, 6.07) is 9.94. The maximum absolute atomic E-state index is 11.1. The van der Waals surface area contributed by atoms with Gasteiger partial charge in [-0.2, -0.15) is 0 Å². The van der Waals surface area contributed by atoms with Crippen molar-refractivity contribution in [1.82, 2.24) is 5.32 Å². The van der Waals surface area contributed by atoms with Gasteiger partial charge in [-0.3, -0.25) is 4.79 Å². The molecule has 0 bridgehead atoms. The van der Waals surface area contributed by atoms with Crippen LogP contribution >= 0.6 is 23.1 Å². The molecule has 0 atom stereocenters. The predicted molar refractivity (Wildman–Crippen MR) is 84.0 cm³/mol. The van der Waals surface area contributed by atoms with Crippen molar-refractivity contribution < 1.29 is 9.53 Å². The molecule has 1 amide bonds. The molecule has 2 aromatic rings. The van der Waals surface area contributed by atoms with E-state index in [9.17, 15) is 4.79 Å². The SMILES string of the molecule is COc1ccc(-c2cc(N=C3NC(=O)CS3)cs2)cc1. The van der Waals surface area contributed by atoms with E-state index in [1.165, 1.54) is 11.8 Å². The number of aliphatic imine (C=N–C) groups is 1. The third-order valence-electron chi connectivity index (χ3n) is 2.78. The summed E-state index contributed by atoms with van der Waals surface area (Å²) in [5.41, 5.74) is 2.00. The molecule has 0 aliphatic carbocycles. The second kappa shape index (κ2) is 5.68. The van der Waals surface area contributed by atoms with Crippen molar-refractivity contribution in [3.05, 3.63) is 35.7 Å². The Labute approximate surface area is 124 Å². The number of carbonyl (C=O) groups excluding carboxylic acids is 1. The molecule has 1 aliphatic heterocycles. The van der Waals surface area contributed by atoms with Gasteiger partial charge in [-0.15, -0.1) is 11.3 Å². The summed E-state index contributed by atoms with van der Waals surface area (Å²) in [4.78, 5) is 16.7. The number of rotatable bonds is 3. The molecule has 2 heterocycles. The van der Waals surface area contributed by atoms with E-state index >= 15 is 0 Å². The summed E-state index contributed by atoms with van der Waals surface area (Å²) in [7, 11) is 1.65. The molecule has 0 unspecified atom stereocenters. The van der Waals surface area contributed by atoms with Crippen LogP contribution < -0.4 is 10.1 Å². The van der Waals surface area contributed by atoms with E-state index in [1.54, 1.807) is 18.4 Å². The third-order valence-corrected chi connectivity index (χ3v) is 4.62. The van der Waals surface area contributed by atoms with E-state index in [0.717, 1.165) is 21.9 Å². The number of ether oxygens (including phenoxy) is 1. The minimum atomic E-state index is 0.0133. The van der Waals surface area contributed by atoms with E-state index < -0.39 is 0 Å². The maximum atomic E-state index is 11.1. The summed E-state index contributed by atoms with van der Waals surface area (Å²) < 4.78 is 5.15. The van der Waals surface area contributed by atoms with Gasteiger partial charge in [0.25, 0.3) is 0 Å². The molecule has 4 nitrogen and oxygen atoms in total. The Kier molecular flexibility index (Phi) is 3.75. The molecule has 1 aliphatic rings. The number of benzene rings is 1. The summed E-state index contributed by atoms with van der Waals surface area (Å²) in [5.74, 6) is 1.31. The van der Waals surface area contributed by atoms with Gasteiger partial charge < -0.3 is 10.1 Å². The van der Waals surface area contributed by atoms with E-state index in [2.05, 4.69) is 10.3 Å². The highest BCUT2D eigenvalue weighted by Gasteiger charge is 2.16. The fourth-order valence-corrected chi connectivity index (χ4v) is 3.32. The number of nitrogens with zero attached hydrogens (tertiary/aromatic N) is 1. The largest absolute Gasteiger partial charge is 0.497 e. The number of thioether (sulfide) groups is 1. The topological polar surface area (TPSA) is 50.7 Å². The van der Waals surface area contributed by atoms with Gasteiger partial charge in [0.15, 0.2) is 5.17 Å². The summed E-state index contributed by atoms with van der Waals surface area (Å²) in [6.45, 7) is 0. The van der Waals surface area contributed by atoms with Crippen molar-refractivity contribution in [3.63, 3.8) is 0 Å². The maximum Gasteiger partial charge on any atom is 0.236 e. The van der Waals surface area contributed by atoms with Crippen LogP contribution in [0.15, 0.2) is 40.7 Å². The van der Waals surface area contributed by atoms with Gasteiger partial charge in [0, 0.05) is 10.3 Å². The number of hydrogen-bond acceptors (Lipinski definition) is 5. The van der Waals surface area contributed by atoms with Gasteiger partial charge in [0.05, 0.1) is 18.6 Å². The predicted octanol–water partition coefficient (Wildman–Crippen LogP) is 3.27. The molecule has 1 saturated heterocycles.